The molecular weight excluding hydrogens is 380 g/mol. The Hall–Kier alpha value is -3.26. The first kappa shape index (κ1) is 19.5. The number of furan rings is 1. The van der Waals surface area contributed by atoms with Gasteiger partial charge in [0.1, 0.15) is 18.1 Å². The molecule has 3 aromatic rings. The Balaban J connectivity index is 1.48. The van der Waals surface area contributed by atoms with Gasteiger partial charge < -0.3 is 24.5 Å². The van der Waals surface area contributed by atoms with Gasteiger partial charge in [-0.05, 0) is 55.0 Å². The molecule has 28 heavy (non-hydrogen) atoms. The van der Waals surface area contributed by atoms with E-state index in [-0.39, 0.29) is 17.6 Å². The SMILES string of the molecule is COc1ccc(OCCNC(=O)c2sc(NC(=O)c3ccco3)cc2C)cc1. The van der Waals surface area contributed by atoms with Crippen LogP contribution in [0.1, 0.15) is 25.8 Å². The van der Waals surface area contributed by atoms with E-state index in [1.54, 1.807) is 37.4 Å². The van der Waals surface area contributed by atoms with Crippen molar-refractivity contribution >= 4 is 28.2 Å². The van der Waals surface area contributed by atoms with Gasteiger partial charge in [-0.1, -0.05) is 0 Å². The van der Waals surface area contributed by atoms with Crippen molar-refractivity contribution in [2.75, 3.05) is 25.6 Å². The average molecular weight is 400 g/mol. The molecule has 0 atom stereocenters. The summed E-state index contributed by atoms with van der Waals surface area (Å²) in [6.45, 7) is 2.52. The topological polar surface area (TPSA) is 89.8 Å². The van der Waals surface area contributed by atoms with E-state index in [4.69, 9.17) is 13.9 Å². The summed E-state index contributed by atoms with van der Waals surface area (Å²) >= 11 is 1.21. The Labute approximate surface area is 166 Å². The summed E-state index contributed by atoms with van der Waals surface area (Å²) in [4.78, 5) is 25.0. The second-order valence-corrected chi connectivity index (χ2v) is 6.89. The van der Waals surface area contributed by atoms with Crippen molar-refractivity contribution in [2.45, 2.75) is 6.92 Å². The molecule has 0 bridgehead atoms. The number of nitrogens with one attached hydrogen (secondary N) is 2. The van der Waals surface area contributed by atoms with Crippen LogP contribution in [0.15, 0.2) is 53.1 Å². The standard InChI is InChI=1S/C20H20N2O5S/c1-13-12-17(22-19(23)16-4-3-10-27-16)28-18(13)20(24)21-9-11-26-15-7-5-14(25-2)6-8-15/h3-8,10,12H,9,11H2,1-2H3,(H,21,24)(H,22,23). The molecule has 0 radical (unpaired) electrons. The lowest BCUT2D eigenvalue weighted by Crippen LogP contribution is -2.27. The number of hydrogen-bond acceptors (Lipinski definition) is 6. The number of benzene rings is 1. The quantitative estimate of drug-likeness (QED) is 0.563. The van der Waals surface area contributed by atoms with Crippen LogP contribution in [0.25, 0.3) is 0 Å². The Bertz CT molecular complexity index is 932. The van der Waals surface area contributed by atoms with Crippen LogP contribution in [0.3, 0.4) is 0 Å². The maximum Gasteiger partial charge on any atom is 0.291 e. The molecule has 146 valence electrons. The molecule has 8 heteroatoms. The second-order valence-electron chi connectivity index (χ2n) is 5.83. The van der Waals surface area contributed by atoms with E-state index in [0.717, 1.165) is 11.3 Å². The highest BCUT2D eigenvalue weighted by molar-refractivity contribution is 7.18. The molecule has 2 aromatic heterocycles. The van der Waals surface area contributed by atoms with Crippen LogP contribution < -0.4 is 20.1 Å². The molecule has 2 N–H and O–H groups in total. The molecule has 2 amide bonds. The van der Waals surface area contributed by atoms with Gasteiger partial charge >= 0.3 is 0 Å². The van der Waals surface area contributed by atoms with Crippen LogP contribution in [0.5, 0.6) is 11.5 Å². The van der Waals surface area contributed by atoms with E-state index < -0.39 is 0 Å². The van der Waals surface area contributed by atoms with Crippen molar-refractivity contribution in [1.82, 2.24) is 5.32 Å². The first-order valence-corrected chi connectivity index (χ1v) is 9.39. The van der Waals surface area contributed by atoms with E-state index in [2.05, 4.69) is 10.6 Å². The van der Waals surface area contributed by atoms with Gasteiger partial charge in [-0.15, -0.1) is 11.3 Å². The zero-order chi connectivity index (χ0) is 19.9. The molecular formula is C20H20N2O5S. The van der Waals surface area contributed by atoms with Crippen LogP contribution in [0, 0.1) is 6.92 Å². The van der Waals surface area contributed by atoms with E-state index in [1.165, 1.54) is 17.6 Å². The first-order valence-electron chi connectivity index (χ1n) is 8.57. The summed E-state index contributed by atoms with van der Waals surface area (Å²) < 4.78 is 15.7. The summed E-state index contributed by atoms with van der Waals surface area (Å²) in [6, 6.07) is 12.2. The number of anilines is 1. The molecule has 2 heterocycles. The summed E-state index contributed by atoms with van der Waals surface area (Å²) in [5.74, 6) is 1.10. The van der Waals surface area contributed by atoms with Crippen molar-refractivity contribution in [3.05, 3.63) is 64.9 Å². The molecule has 0 aliphatic carbocycles. The maximum atomic E-state index is 12.4. The Morgan fingerprint density at radius 3 is 2.54 bits per heavy atom. The highest BCUT2D eigenvalue weighted by Gasteiger charge is 2.16. The predicted octanol–water partition coefficient (Wildman–Crippen LogP) is 3.72. The number of carbonyl (C=O) groups is 2. The van der Waals surface area contributed by atoms with Crippen LogP contribution in [0.2, 0.25) is 0 Å². The number of aryl methyl sites for hydroxylation is 1. The molecule has 0 unspecified atom stereocenters. The van der Waals surface area contributed by atoms with Gasteiger partial charge in [0, 0.05) is 0 Å². The van der Waals surface area contributed by atoms with Gasteiger partial charge in [-0.3, -0.25) is 9.59 Å². The summed E-state index contributed by atoms with van der Waals surface area (Å²) in [6.07, 6.45) is 1.43. The summed E-state index contributed by atoms with van der Waals surface area (Å²) in [5.41, 5.74) is 0.785. The zero-order valence-corrected chi connectivity index (χ0v) is 16.3. The molecule has 0 fully saturated rings. The number of amides is 2. The lowest BCUT2D eigenvalue weighted by molar-refractivity contribution is 0.0949. The first-order chi connectivity index (χ1) is 13.6. The highest BCUT2D eigenvalue weighted by Crippen LogP contribution is 2.27. The zero-order valence-electron chi connectivity index (χ0n) is 15.5. The number of rotatable bonds is 8. The van der Waals surface area contributed by atoms with Crippen molar-refractivity contribution in [2.24, 2.45) is 0 Å². The minimum atomic E-state index is -0.355. The third-order valence-electron chi connectivity index (χ3n) is 3.82. The highest BCUT2D eigenvalue weighted by atomic mass is 32.1. The third kappa shape index (κ3) is 4.92. The number of thiophene rings is 1. The fourth-order valence-electron chi connectivity index (χ4n) is 2.44. The molecule has 0 spiro atoms. The fraction of sp³-hybridized carbons (Fsp3) is 0.200. The van der Waals surface area contributed by atoms with E-state index >= 15 is 0 Å². The molecule has 7 nitrogen and oxygen atoms in total. The minimum Gasteiger partial charge on any atom is -0.497 e. The smallest absolute Gasteiger partial charge is 0.291 e. The van der Waals surface area contributed by atoms with Crippen LogP contribution >= 0.6 is 11.3 Å². The molecule has 1 aromatic carbocycles. The van der Waals surface area contributed by atoms with Crippen LogP contribution in [-0.4, -0.2) is 32.1 Å². The molecule has 0 saturated heterocycles. The van der Waals surface area contributed by atoms with Crippen molar-refractivity contribution in [1.29, 1.82) is 0 Å². The fourth-order valence-corrected chi connectivity index (χ4v) is 3.42. The van der Waals surface area contributed by atoms with Gasteiger partial charge in [0.25, 0.3) is 11.8 Å². The average Bonchev–Trinajstić information content (AvgIpc) is 3.35. The van der Waals surface area contributed by atoms with Crippen LogP contribution in [-0.2, 0) is 0 Å². The largest absolute Gasteiger partial charge is 0.497 e. The monoisotopic (exact) mass is 400 g/mol. The Morgan fingerprint density at radius 2 is 1.86 bits per heavy atom. The summed E-state index contributed by atoms with van der Waals surface area (Å²) in [5, 5.41) is 6.13. The Kier molecular flexibility index (Phi) is 6.33. The summed E-state index contributed by atoms with van der Waals surface area (Å²) in [7, 11) is 1.60. The Morgan fingerprint density at radius 1 is 1.11 bits per heavy atom. The van der Waals surface area contributed by atoms with E-state index in [0.29, 0.717) is 28.8 Å². The number of ether oxygens (including phenoxy) is 2. The predicted molar refractivity (Wildman–Crippen MR) is 107 cm³/mol. The van der Waals surface area contributed by atoms with Gasteiger partial charge in [0.2, 0.25) is 0 Å². The number of carbonyl (C=O) groups excluding carboxylic acids is 2. The van der Waals surface area contributed by atoms with Crippen molar-refractivity contribution in [3.63, 3.8) is 0 Å². The van der Waals surface area contributed by atoms with Gasteiger partial charge in [0.15, 0.2) is 5.76 Å². The van der Waals surface area contributed by atoms with Crippen molar-refractivity contribution < 1.29 is 23.5 Å². The van der Waals surface area contributed by atoms with Gasteiger partial charge in [-0.25, -0.2) is 0 Å². The number of hydrogen-bond donors (Lipinski definition) is 2. The molecule has 0 aliphatic heterocycles. The van der Waals surface area contributed by atoms with E-state index in [1.807, 2.05) is 19.1 Å². The lowest BCUT2D eigenvalue weighted by atomic mass is 10.3. The number of methoxy groups -OCH3 is 1. The molecule has 0 aliphatic rings. The van der Waals surface area contributed by atoms with Crippen LogP contribution in [0.4, 0.5) is 5.00 Å². The van der Waals surface area contributed by atoms with Crippen molar-refractivity contribution in [3.8, 4) is 11.5 Å². The third-order valence-corrected chi connectivity index (χ3v) is 4.97. The minimum absolute atomic E-state index is 0.209. The maximum absolute atomic E-state index is 12.4. The molecule has 0 saturated carbocycles. The van der Waals surface area contributed by atoms with Gasteiger partial charge in [0.05, 0.1) is 29.8 Å². The lowest BCUT2D eigenvalue weighted by Gasteiger charge is -2.08. The van der Waals surface area contributed by atoms with Gasteiger partial charge in [-0.2, -0.15) is 0 Å². The molecule has 3 rings (SSSR count). The normalized spacial score (nSPS) is 10.4. The van der Waals surface area contributed by atoms with E-state index in [9.17, 15) is 9.59 Å². The second kappa shape index (κ2) is 9.09.